The summed E-state index contributed by atoms with van der Waals surface area (Å²) < 4.78 is 12.2. The zero-order chi connectivity index (χ0) is 24.0. The third kappa shape index (κ3) is 6.90. The first-order chi connectivity index (χ1) is 15.6. The Hall–Kier alpha value is -3.68. The number of aromatic nitrogens is 3. The highest BCUT2D eigenvalue weighted by molar-refractivity contribution is 5.89. The predicted octanol–water partition coefficient (Wildman–Crippen LogP) is 3.74. The SMILES string of the molecule is COc1cc(-c2cc(CC(=O)[C@H](Cc3ccccc3)NC(=O)OC(C)(C)C)n(C)n2)ccn1. The number of carbonyl (C=O) groups excluding carboxylic acids is 2. The smallest absolute Gasteiger partial charge is 0.408 e. The molecule has 2 heterocycles. The number of carbonyl (C=O) groups is 2. The highest BCUT2D eigenvalue weighted by atomic mass is 16.6. The van der Waals surface area contributed by atoms with E-state index in [4.69, 9.17) is 9.47 Å². The summed E-state index contributed by atoms with van der Waals surface area (Å²) in [7, 11) is 3.34. The van der Waals surface area contributed by atoms with Crippen LogP contribution < -0.4 is 10.1 Å². The van der Waals surface area contributed by atoms with Crippen LogP contribution in [-0.2, 0) is 29.4 Å². The number of amides is 1. The number of aryl methyl sites for hydroxylation is 1. The van der Waals surface area contributed by atoms with Gasteiger partial charge in [0.1, 0.15) is 5.60 Å². The van der Waals surface area contributed by atoms with Gasteiger partial charge in [-0.2, -0.15) is 5.10 Å². The van der Waals surface area contributed by atoms with Crippen molar-refractivity contribution in [3.63, 3.8) is 0 Å². The van der Waals surface area contributed by atoms with Gasteiger partial charge in [0.25, 0.3) is 0 Å². The Labute approximate surface area is 193 Å². The van der Waals surface area contributed by atoms with E-state index in [9.17, 15) is 9.59 Å². The Bertz CT molecular complexity index is 1100. The number of benzene rings is 1. The summed E-state index contributed by atoms with van der Waals surface area (Å²) in [6.45, 7) is 5.35. The predicted molar refractivity (Wildman–Crippen MR) is 125 cm³/mol. The van der Waals surface area contributed by atoms with E-state index in [1.54, 1.807) is 51.9 Å². The van der Waals surface area contributed by atoms with Crippen molar-refractivity contribution in [2.75, 3.05) is 7.11 Å². The highest BCUT2D eigenvalue weighted by Crippen LogP contribution is 2.22. The minimum absolute atomic E-state index is 0.110. The maximum absolute atomic E-state index is 13.3. The molecule has 0 saturated carbocycles. The summed E-state index contributed by atoms with van der Waals surface area (Å²) in [5, 5.41) is 7.28. The van der Waals surface area contributed by atoms with Crippen LogP contribution >= 0.6 is 0 Å². The van der Waals surface area contributed by atoms with Crippen molar-refractivity contribution in [1.82, 2.24) is 20.1 Å². The van der Waals surface area contributed by atoms with Gasteiger partial charge in [-0.25, -0.2) is 9.78 Å². The van der Waals surface area contributed by atoms with Gasteiger partial charge in [0, 0.05) is 30.6 Å². The molecule has 1 aromatic carbocycles. The first kappa shape index (κ1) is 24.0. The Morgan fingerprint density at radius 3 is 2.52 bits per heavy atom. The summed E-state index contributed by atoms with van der Waals surface area (Å²) in [5.74, 6) is 0.354. The Morgan fingerprint density at radius 1 is 1.12 bits per heavy atom. The van der Waals surface area contributed by atoms with Crippen LogP contribution in [0.2, 0.25) is 0 Å². The molecule has 8 heteroatoms. The lowest BCUT2D eigenvalue weighted by atomic mass is 9.99. The number of ketones is 1. The third-order valence-electron chi connectivity index (χ3n) is 4.93. The molecule has 33 heavy (non-hydrogen) atoms. The molecule has 3 rings (SSSR count). The maximum atomic E-state index is 13.3. The number of rotatable bonds is 8. The fourth-order valence-electron chi connectivity index (χ4n) is 3.34. The maximum Gasteiger partial charge on any atom is 0.408 e. The van der Waals surface area contributed by atoms with Gasteiger partial charge in [0.05, 0.1) is 25.3 Å². The molecule has 0 saturated heterocycles. The Kier molecular flexibility index (Phi) is 7.48. The minimum atomic E-state index is -0.735. The topological polar surface area (TPSA) is 95.3 Å². The molecule has 3 aromatic rings. The molecule has 0 unspecified atom stereocenters. The van der Waals surface area contributed by atoms with E-state index in [1.165, 1.54) is 0 Å². The van der Waals surface area contributed by atoms with Crippen LogP contribution in [0.5, 0.6) is 5.88 Å². The fourth-order valence-corrected chi connectivity index (χ4v) is 3.34. The van der Waals surface area contributed by atoms with Gasteiger partial charge in [-0.15, -0.1) is 0 Å². The van der Waals surface area contributed by atoms with E-state index in [2.05, 4.69) is 15.4 Å². The van der Waals surface area contributed by atoms with Gasteiger partial charge in [0.2, 0.25) is 5.88 Å². The molecule has 174 valence electrons. The molecule has 8 nitrogen and oxygen atoms in total. The van der Waals surface area contributed by atoms with Gasteiger partial charge in [-0.3, -0.25) is 9.48 Å². The monoisotopic (exact) mass is 450 g/mol. The molecule has 0 aliphatic heterocycles. The second-order valence-electron chi connectivity index (χ2n) is 8.76. The number of methoxy groups -OCH3 is 1. The first-order valence-electron chi connectivity index (χ1n) is 10.7. The molecule has 1 N–H and O–H groups in total. The standard InChI is InChI=1S/C25H30N4O4/c1-25(2,3)33-24(31)27-21(13-17-9-7-6-8-10-17)22(30)16-19-15-20(28-29(19)4)18-11-12-26-23(14-18)32-5/h6-12,14-15,21H,13,16H2,1-5H3,(H,27,31)/t21-/m0/s1. The van der Waals surface area contributed by atoms with Crippen LogP contribution in [0.15, 0.2) is 54.7 Å². The van der Waals surface area contributed by atoms with E-state index in [0.29, 0.717) is 18.0 Å². The summed E-state index contributed by atoms with van der Waals surface area (Å²) in [6, 6.07) is 14.3. The molecule has 0 spiro atoms. The molecule has 0 radical (unpaired) electrons. The van der Waals surface area contributed by atoms with E-state index >= 15 is 0 Å². The lowest BCUT2D eigenvalue weighted by molar-refractivity contribution is -0.120. The zero-order valence-electron chi connectivity index (χ0n) is 19.7. The lowest BCUT2D eigenvalue weighted by Gasteiger charge is -2.23. The lowest BCUT2D eigenvalue weighted by Crippen LogP contribution is -2.45. The van der Waals surface area contributed by atoms with E-state index in [0.717, 1.165) is 16.8 Å². The quantitative estimate of drug-likeness (QED) is 0.562. The van der Waals surface area contributed by atoms with Gasteiger partial charge in [0.15, 0.2) is 5.78 Å². The average molecular weight is 451 g/mol. The molecule has 2 aromatic heterocycles. The van der Waals surface area contributed by atoms with Gasteiger partial charge >= 0.3 is 6.09 Å². The van der Waals surface area contributed by atoms with Crippen LogP contribution in [-0.4, -0.2) is 45.4 Å². The Balaban J connectivity index is 1.79. The van der Waals surface area contributed by atoms with Crippen LogP contribution in [0.25, 0.3) is 11.3 Å². The molecular weight excluding hydrogens is 420 g/mol. The largest absolute Gasteiger partial charge is 0.481 e. The summed E-state index contributed by atoms with van der Waals surface area (Å²) in [4.78, 5) is 29.8. The number of pyridine rings is 1. The second-order valence-corrected chi connectivity index (χ2v) is 8.76. The normalized spacial score (nSPS) is 12.2. The second kappa shape index (κ2) is 10.3. The summed E-state index contributed by atoms with van der Waals surface area (Å²) in [6.07, 6.45) is 1.50. The van der Waals surface area contributed by atoms with Crippen molar-refractivity contribution in [2.45, 2.75) is 45.3 Å². The number of nitrogens with one attached hydrogen (secondary N) is 1. The van der Waals surface area contributed by atoms with Crippen LogP contribution in [0.1, 0.15) is 32.0 Å². The van der Waals surface area contributed by atoms with E-state index in [1.807, 2.05) is 42.5 Å². The van der Waals surface area contributed by atoms with Crippen LogP contribution in [0.3, 0.4) is 0 Å². The van der Waals surface area contributed by atoms with Crippen LogP contribution in [0, 0.1) is 0 Å². The average Bonchev–Trinajstić information content (AvgIpc) is 3.13. The number of hydrogen-bond donors (Lipinski definition) is 1. The molecule has 0 aliphatic carbocycles. The van der Waals surface area contributed by atoms with Crippen molar-refractivity contribution in [3.05, 3.63) is 66.0 Å². The zero-order valence-corrected chi connectivity index (χ0v) is 19.7. The van der Waals surface area contributed by atoms with Crippen molar-refractivity contribution < 1.29 is 19.1 Å². The molecule has 0 fully saturated rings. The molecule has 0 aliphatic rings. The number of nitrogens with zero attached hydrogens (tertiary/aromatic N) is 3. The van der Waals surface area contributed by atoms with Crippen molar-refractivity contribution in [3.8, 4) is 17.1 Å². The molecular formula is C25H30N4O4. The van der Waals surface area contributed by atoms with Crippen molar-refractivity contribution in [2.24, 2.45) is 7.05 Å². The minimum Gasteiger partial charge on any atom is -0.481 e. The van der Waals surface area contributed by atoms with Gasteiger partial charge < -0.3 is 14.8 Å². The van der Waals surface area contributed by atoms with Gasteiger partial charge in [-0.05, 0) is 44.9 Å². The van der Waals surface area contributed by atoms with Crippen molar-refractivity contribution >= 4 is 11.9 Å². The molecule has 0 bridgehead atoms. The molecule has 1 amide bonds. The number of ether oxygens (including phenoxy) is 2. The van der Waals surface area contributed by atoms with E-state index in [-0.39, 0.29) is 12.2 Å². The first-order valence-corrected chi connectivity index (χ1v) is 10.7. The highest BCUT2D eigenvalue weighted by Gasteiger charge is 2.25. The van der Waals surface area contributed by atoms with Gasteiger partial charge in [-0.1, -0.05) is 30.3 Å². The number of hydrogen-bond acceptors (Lipinski definition) is 6. The fraction of sp³-hybridized carbons (Fsp3) is 0.360. The van der Waals surface area contributed by atoms with E-state index < -0.39 is 17.7 Å². The summed E-state index contributed by atoms with van der Waals surface area (Å²) >= 11 is 0. The third-order valence-corrected chi connectivity index (χ3v) is 4.93. The van der Waals surface area contributed by atoms with Crippen LogP contribution in [0.4, 0.5) is 4.79 Å². The Morgan fingerprint density at radius 2 is 1.85 bits per heavy atom. The number of Topliss-reactive ketones (excluding diaryl/α,β-unsaturated/α-hetero) is 1. The number of alkyl carbamates (subject to hydrolysis) is 1. The van der Waals surface area contributed by atoms with Crippen molar-refractivity contribution in [1.29, 1.82) is 0 Å². The molecule has 1 atom stereocenters. The summed E-state index contributed by atoms with van der Waals surface area (Å²) in [5.41, 5.74) is 2.56.